The molecule has 19 heavy (non-hydrogen) atoms. The molecule has 1 aromatic rings. The van der Waals surface area contributed by atoms with E-state index in [-0.39, 0.29) is 11.6 Å². The van der Waals surface area contributed by atoms with Gasteiger partial charge in [-0.25, -0.2) is 0 Å². The second-order valence-electron chi connectivity index (χ2n) is 6.37. The Hall–Kier alpha value is -0.860. The molecule has 2 nitrogen and oxygen atoms in total. The van der Waals surface area contributed by atoms with Crippen LogP contribution in [-0.4, -0.2) is 12.2 Å². The number of rotatable bonds is 7. The van der Waals surface area contributed by atoms with Crippen molar-refractivity contribution < 1.29 is 4.74 Å². The molecule has 0 heterocycles. The zero-order valence-electron chi connectivity index (χ0n) is 13.1. The molecule has 0 saturated heterocycles. The van der Waals surface area contributed by atoms with Gasteiger partial charge in [0.05, 0.1) is 18.2 Å². The van der Waals surface area contributed by atoms with Gasteiger partial charge < -0.3 is 10.5 Å². The van der Waals surface area contributed by atoms with Crippen molar-refractivity contribution in [2.45, 2.75) is 59.1 Å². The largest absolute Gasteiger partial charge is 0.374 e. The Labute approximate surface area is 118 Å². The van der Waals surface area contributed by atoms with Gasteiger partial charge in [-0.05, 0) is 43.7 Å². The minimum absolute atomic E-state index is 0.0427. The van der Waals surface area contributed by atoms with Crippen LogP contribution in [0.5, 0.6) is 0 Å². The van der Waals surface area contributed by atoms with Crippen molar-refractivity contribution in [3.63, 3.8) is 0 Å². The summed E-state index contributed by atoms with van der Waals surface area (Å²) in [6.45, 7) is 11.4. The molecule has 0 bridgehead atoms. The topological polar surface area (TPSA) is 35.2 Å². The predicted molar refractivity (Wildman–Crippen MR) is 82.2 cm³/mol. The molecule has 1 rings (SSSR count). The first kappa shape index (κ1) is 16.2. The van der Waals surface area contributed by atoms with E-state index in [9.17, 15) is 0 Å². The first-order valence-electron chi connectivity index (χ1n) is 7.32. The van der Waals surface area contributed by atoms with Crippen molar-refractivity contribution in [1.29, 1.82) is 0 Å². The van der Waals surface area contributed by atoms with Gasteiger partial charge in [0.1, 0.15) is 0 Å². The molecule has 0 aliphatic rings. The molecule has 0 radical (unpaired) electrons. The highest BCUT2D eigenvalue weighted by Gasteiger charge is 2.17. The van der Waals surface area contributed by atoms with Crippen LogP contribution in [0, 0.1) is 5.92 Å². The van der Waals surface area contributed by atoms with Crippen LogP contribution in [0.3, 0.4) is 0 Å². The fourth-order valence-electron chi connectivity index (χ4n) is 1.89. The van der Waals surface area contributed by atoms with E-state index in [1.54, 1.807) is 0 Å². The predicted octanol–water partition coefficient (Wildman–Crippen LogP) is 4.09. The zero-order chi connectivity index (χ0) is 14.5. The molecular formula is C17H29NO. The summed E-state index contributed by atoms with van der Waals surface area (Å²) >= 11 is 0. The molecule has 0 saturated carbocycles. The number of benzene rings is 1. The third-order valence-corrected chi connectivity index (χ3v) is 3.56. The van der Waals surface area contributed by atoms with Crippen LogP contribution < -0.4 is 5.73 Å². The van der Waals surface area contributed by atoms with Crippen molar-refractivity contribution >= 4 is 0 Å². The number of nitrogens with two attached hydrogens (primary N) is 1. The molecule has 108 valence electrons. The van der Waals surface area contributed by atoms with Crippen LogP contribution in [0.2, 0.25) is 0 Å². The van der Waals surface area contributed by atoms with Crippen molar-refractivity contribution in [1.82, 2.24) is 0 Å². The quantitative estimate of drug-likeness (QED) is 0.804. The van der Waals surface area contributed by atoms with Gasteiger partial charge in [0.2, 0.25) is 0 Å². The van der Waals surface area contributed by atoms with Gasteiger partial charge in [-0.15, -0.1) is 0 Å². The second-order valence-corrected chi connectivity index (χ2v) is 6.37. The van der Waals surface area contributed by atoms with Gasteiger partial charge in [-0.2, -0.15) is 0 Å². The van der Waals surface area contributed by atoms with Crippen LogP contribution in [0.1, 0.15) is 58.2 Å². The van der Waals surface area contributed by atoms with Gasteiger partial charge in [0.15, 0.2) is 0 Å². The molecule has 1 aromatic carbocycles. The van der Waals surface area contributed by atoms with Gasteiger partial charge in [0.25, 0.3) is 0 Å². The molecule has 0 aliphatic heterocycles. The first-order valence-corrected chi connectivity index (χ1v) is 7.32. The average Bonchev–Trinajstić information content (AvgIpc) is 2.36. The molecule has 0 fully saturated rings. The Kier molecular flexibility index (Phi) is 6.02. The lowest BCUT2D eigenvalue weighted by atomic mass is 9.99. The monoisotopic (exact) mass is 263 g/mol. The highest BCUT2D eigenvalue weighted by Crippen LogP contribution is 2.19. The minimum Gasteiger partial charge on any atom is -0.374 e. The maximum absolute atomic E-state index is 6.18. The van der Waals surface area contributed by atoms with Gasteiger partial charge in [-0.3, -0.25) is 0 Å². The fourth-order valence-corrected chi connectivity index (χ4v) is 1.89. The average molecular weight is 263 g/mol. The normalized spacial score (nSPS) is 13.8. The lowest BCUT2D eigenvalue weighted by Gasteiger charge is -2.25. The van der Waals surface area contributed by atoms with Crippen LogP contribution in [0.4, 0.5) is 0 Å². The SMILES string of the molecule is CCC(C)(C)OCC(N)c1ccc(CC(C)C)cc1. The summed E-state index contributed by atoms with van der Waals surface area (Å²) in [7, 11) is 0. The fraction of sp³-hybridized carbons (Fsp3) is 0.647. The molecule has 1 unspecified atom stereocenters. The lowest BCUT2D eigenvalue weighted by molar-refractivity contribution is -0.0267. The Bertz CT molecular complexity index is 367. The van der Waals surface area contributed by atoms with E-state index in [1.807, 2.05) is 0 Å². The third kappa shape index (κ3) is 5.75. The van der Waals surface area contributed by atoms with E-state index in [1.165, 1.54) is 5.56 Å². The third-order valence-electron chi connectivity index (χ3n) is 3.56. The van der Waals surface area contributed by atoms with Gasteiger partial charge >= 0.3 is 0 Å². The lowest BCUT2D eigenvalue weighted by Crippen LogP contribution is -2.28. The van der Waals surface area contributed by atoms with Crippen LogP contribution in [0.25, 0.3) is 0 Å². The molecule has 0 aliphatic carbocycles. The standard InChI is InChI=1S/C17H29NO/c1-6-17(4,5)19-12-16(18)15-9-7-14(8-10-15)11-13(2)3/h7-10,13,16H,6,11-12,18H2,1-5H3. The van der Waals surface area contributed by atoms with E-state index in [0.29, 0.717) is 12.5 Å². The van der Waals surface area contributed by atoms with Crippen molar-refractivity contribution in [3.8, 4) is 0 Å². The Morgan fingerprint density at radius 1 is 1.16 bits per heavy atom. The van der Waals surface area contributed by atoms with Gasteiger partial charge in [-0.1, -0.05) is 45.0 Å². The highest BCUT2D eigenvalue weighted by atomic mass is 16.5. The Morgan fingerprint density at radius 2 is 1.74 bits per heavy atom. The smallest absolute Gasteiger partial charge is 0.0666 e. The first-order chi connectivity index (χ1) is 8.84. The minimum atomic E-state index is -0.0881. The maximum atomic E-state index is 6.18. The molecule has 0 aromatic heterocycles. The van der Waals surface area contributed by atoms with Crippen molar-refractivity contribution in [2.75, 3.05) is 6.61 Å². The highest BCUT2D eigenvalue weighted by molar-refractivity contribution is 5.25. The summed E-state index contributed by atoms with van der Waals surface area (Å²) in [5.74, 6) is 0.688. The van der Waals surface area contributed by atoms with Gasteiger partial charge in [0, 0.05) is 0 Å². The van der Waals surface area contributed by atoms with E-state index in [4.69, 9.17) is 10.5 Å². The molecule has 2 heteroatoms. The van der Waals surface area contributed by atoms with E-state index in [0.717, 1.165) is 18.4 Å². The van der Waals surface area contributed by atoms with Crippen molar-refractivity contribution in [2.24, 2.45) is 11.7 Å². The molecular weight excluding hydrogens is 234 g/mol. The number of hydrogen-bond acceptors (Lipinski definition) is 2. The zero-order valence-corrected chi connectivity index (χ0v) is 13.1. The summed E-state index contributed by atoms with van der Waals surface area (Å²) in [6.07, 6.45) is 2.11. The number of ether oxygens (including phenoxy) is 1. The number of hydrogen-bond donors (Lipinski definition) is 1. The summed E-state index contributed by atoms with van der Waals surface area (Å²) in [5.41, 5.74) is 8.62. The maximum Gasteiger partial charge on any atom is 0.0666 e. The summed E-state index contributed by atoms with van der Waals surface area (Å²) in [6, 6.07) is 8.58. The van der Waals surface area contributed by atoms with Crippen LogP contribution in [0.15, 0.2) is 24.3 Å². The Morgan fingerprint density at radius 3 is 2.21 bits per heavy atom. The van der Waals surface area contributed by atoms with E-state index in [2.05, 4.69) is 58.9 Å². The van der Waals surface area contributed by atoms with E-state index < -0.39 is 0 Å². The van der Waals surface area contributed by atoms with Crippen molar-refractivity contribution in [3.05, 3.63) is 35.4 Å². The van der Waals surface area contributed by atoms with E-state index >= 15 is 0 Å². The molecule has 2 N–H and O–H groups in total. The summed E-state index contributed by atoms with van der Waals surface area (Å²) in [5, 5.41) is 0. The summed E-state index contributed by atoms with van der Waals surface area (Å²) < 4.78 is 5.86. The summed E-state index contributed by atoms with van der Waals surface area (Å²) in [4.78, 5) is 0. The second kappa shape index (κ2) is 7.06. The van der Waals surface area contributed by atoms with Crippen LogP contribution in [-0.2, 0) is 11.2 Å². The molecule has 0 amide bonds. The Balaban J connectivity index is 2.55. The molecule has 0 spiro atoms. The van der Waals surface area contributed by atoms with Crippen LogP contribution >= 0.6 is 0 Å². The molecule has 1 atom stereocenters.